The zero-order valence-corrected chi connectivity index (χ0v) is 12.1. The van der Waals surface area contributed by atoms with Crippen LogP contribution in [0.4, 0.5) is 0 Å². The second kappa shape index (κ2) is 5.14. The molecule has 1 fully saturated rings. The summed E-state index contributed by atoms with van der Waals surface area (Å²) in [5.41, 5.74) is 6.67. The van der Waals surface area contributed by atoms with Crippen molar-refractivity contribution in [2.24, 2.45) is 11.7 Å². The third-order valence-corrected chi connectivity index (χ3v) is 4.21. The lowest BCUT2D eigenvalue weighted by Gasteiger charge is -2.33. The Morgan fingerprint density at radius 2 is 2.35 bits per heavy atom. The van der Waals surface area contributed by atoms with E-state index in [1.165, 1.54) is 6.42 Å². The molecule has 5 nitrogen and oxygen atoms in total. The van der Waals surface area contributed by atoms with E-state index in [0.29, 0.717) is 28.2 Å². The third-order valence-electron chi connectivity index (χ3n) is 3.91. The minimum absolute atomic E-state index is 0.399. The van der Waals surface area contributed by atoms with Crippen molar-refractivity contribution >= 4 is 11.6 Å². The highest BCUT2D eigenvalue weighted by Gasteiger charge is 2.37. The SMILES string of the molecule is CC1CCCC(N)(c2noc(-c3ccncc3Cl)n2)C1. The van der Waals surface area contributed by atoms with Crippen LogP contribution in [-0.2, 0) is 5.54 Å². The highest BCUT2D eigenvalue weighted by atomic mass is 35.5. The van der Waals surface area contributed by atoms with E-state index >= 15 is 0 Å². The highest BCUT2D eigenvalue weighted by Crippen LogP contribution is 2.37. The lowest BCUT2D eigenvalue weighted by atomic mass is 9.76. The summed E-state index contributed by atoms with van der Waals surface area (Å²) in [4.78, 5) is 8.40. The number of aromatic nitrogens is 3. The minimum Gasteiger partial charge on any atom is -0.334 e. The van der Waals surface area contributed by atoms with E-state index in [1.54, 1.807) is 18.5 Å². The summed E-state index contributed by atoms with van der Waals surface area (Å²) in [7, 11) is 0. The average Bonchev–Trinajstić information content (AvgIpc) is 2.89. The molecule has 0 bridgehead atoms. The van der Waals surface area contributed by atoms with Crippen LogP contribution >= 0.6 is 11.6 Å². The van der Waals surface area contributed by atoms with Crippen LogP contribution in [0, 0.1) is 5.92 Å². The van der Waals surface area contributed by atoms with Crippen molar-refractivity contribution < 1.29 is 4.52 Å². The molecular weight excluding hydrogens is 276 g/mol. The van der Waals surface area contributed by atoms with Crippen molar-refractivity contribution in [3.63, 3.8) is 0 Å². The summed E-state index contributed by atoms with van der Waals surface area (Å²) in [6.45, 7) is 2.21. The number of nitrogens with zero attached hydrogens (tertiary/aromatic N) is 3. The maximum absolute atomic E-state index is 6.47. The van der Waals surface area contributed by atoms with Crippen LogP contribution in [0.3, 0.4) is 0 Å². The fourth-order valence-electron chi connectivity index (χ4n) is 2.88. The van der Waals surface area contributed by atoms with Gasteiger partial charge in [-0.15, -0.1) is 0 Å². The number of hydrogen-bond donors (Lipinski definition) is 1. The van der Waals surface area contributed by atoms with Gasteiger partial charge in [0.25, 0.3) is 5.89 Å². The van der Waals surface area contributed by atoms with Crippen LogP contribution in [0.5, 0.6) is 0 Å². The van der Waals surface area contributed by atoms with E-state index in [-0.39, 0.29) is 0 Å². The molecule has 0 spiro atoms. The van der Waals surface area contributed by atoms with Crippen molar-refractivity contribution in [3.8, 4) is 11.5 Å². The molecule has 2 unspecified atom stereocenters. The predicted octanol–water partition coefficient (Wildman–Crippen LogP) is 3.15. The molecule has 1 saturated carbocycles. The van der Waals surface area contributed by atoms with E-state index in [4.69, 9.17) is 21.9 Å². The summed E-state index contributed by atoms with van der Waals surface area (Å²) >= 11 is 6.09. The molecule has 1 aliphatic carbocycles. The van der Waals surface area contributed by atoms with Gasteiger partial charge in [0.2, 0.25) is 0 Å². The summed E-state index contributed by atoms with van der Waals surface area (Å²) < 4.78 is 5.33. The standard InChI is InChI=1S/C14H17ClN4O/c1-9-3-2-5-14(16,7-9)13-18-12(20-19-13)10-4-6-17-8-11(10)15/h4,6,8-9H,2-3,5,7,16H2,1H3. The van der Waals surface area contributed by atoms with Crippen LogP contribution in [0.15, 0.2) is 23.0 Å². The van der Waals surface area contributed by atoms with Crippen molar-refractivity contribution in [1.29, 1.82) is 0 Å². The van der Waals surface area contributed by atoms with E-state index in [0.717, 1.165) is 19.3 Å². The Hall–Kier alpha value is -1.46. The molecule has 3 rings (SSSR count). The van der Waals surface area contributed by atoms with E-state index in [9.17, 15) is 0 Å². The van der Waals surface area contributed by atoms with Gasteiger partial charge < -0.3 is 10.3 Å². The Morgan fingerprint density at radius 3 is 3.10 bits per heavy atom. The van der Waals surface area contributed by atoms with Crippen molar-refractivity contribution in [2.75, 3.05) is 0 Å². The molecule has 2 aromatic rings. The minimum atomic E-state index is -0.487. The fourth-order valence-corrected chi connectivity index (χ4v) is 3.08. The molecule has 2 aromatic heterocycles. The molecule has 2 atom stereocenters. The third kappa shape index (κ3) is 2.43. The number of halogens is 1. The van der Waals surface area contributed by atoms with Gasteiger partial charge in [0, 0.05) is 12.4 Å². The topological polar surface area (TPSA) is 77.8 Å². The molecule has 0 amide bonds. The Morgan fingerprint density at radius 1 is 1.50 bits per heavy atom. The first-order valence-electron chi connectivity index (χ1n) is 6.81. The molecule has 20 heavy (non-hydrogen) atoms. The molecule has 0 aliphatic heterocycles. The quantitative estimate of drug-likeness (QED) is 0.920. The Bertz CT molecular complexity index is 615. The Kier molecular flexibility index (Phi) is 3.48. The van der Waals surface area contributed by atoms with Crippen LogP contribution in [-0.4, -0.2) is 15.1 Å². The molecule has 1 aliphatic rings. The lowest BCUT2D eigenvalue weighted by molar-refractivity contribution is 0.222. The molecule has 106 valence electrons. The number of nitrogens with two attached hydrogens (primary N) is 1. The summed E-state index contributed by atoms with van der Waals surface area (Å²) in [6.07, 6.45) is 7.28. The molecule has 6 heteroatoms. The van der Waals surface area contributed by atoms with Gasteiger partial charge in [-0.05, 0) is 24.8 Å². The number of rotatable bonds is 2. The van der Waals surface area contributed by atoms with Gasteiger partial charge in [-0.25, -0.2) is 0 Å². The van der Waals surface area contributed by atoms with Gasteiger partial charge >= 0.3 is 0 Å². The zero-order chi connectivity index (χ0) is 14.2. The first-order chi connectivity index (χ1) is 9.58. The van der Waals surface area contributed by atoms with Crippen molar-refractivity contribution in [3.05, 3.63) is 29.3 Å². The number of pyridine rings is 1. The normalized spacial score (nSPS) is 26.6. The monoisotopic (exact) mass is 292 g/mol. The van der Waals surface area contributed by atoms with Crippen LogP contribution in [0.25, 0.3) is 11.5 Å². The fraction of sp³-hybridized carbons (Fsp3) is 0.500. The average molecular weight is 293 g/mol. The second-order valence-electron chi connectivity index (χ2n) is 5.64. The number of hydrogen-bond acceptors (Lipinski definition) is 5. The Labute approximate surface area is 122 Å². The zero-order valence-electron chi connectivity index (χ0n) is 11.3. The summed E-state index contributed by atoms with van der Waals surface area (Å²) in [5, 5.41) is 4.56. The molecular formula is C14H17ClN4O. The largest absolute Gasteiger partial charge is 0.334 e. The van der Waals surface area contributed by atoms with Crippen molar-refractivity contribution in [1.82, 2.24) is 15.1 Å². The van der Waals surface area contributed by atoms with Crippen LogP contribution in [0.2, 0.25) is 5.02 Å². The Balaban J connectivity index is 1.92. The van der Waals surface area contributed by atoms with Gasteiger partial charge in [-0.2, -0.15) is 4.98 Å². The van der Waals surface area contributed by atoms with Crippen LogP contribution in [0.1, 0.15) is 38.4 Å². The van der Waals surface area contributed by atoms with E-state index < -0.39 is 5.54 Å². The molecule has 2 heterocycles. The molecule has 2 N–H and O–H groups in total. The maximum atomic E-state index is 6.47. The highest BCUT2D eigenvalue weighted by molar-refractivity contribution is 6.32. The first kappa shape index (κ1) is 13.5. The van der Waals surface area contributed by atoms with Gasteiger partial charge in [-0.3, -0.25) is 4.98 Å². The van der Waals surface area contributed by atoms with E-state index in [1.807, 2.05) is 0 Å². The van der Waals surface area contributed by atoms with Gasteiger partial charge in [0.1, 0.15) is 0 Å². The van der Waals surface area contributed by atoms with Gasteiger partial charge in [0.15, 0.2) is 5.82 Å². The summed E-state index contributed by atoms with van der Waals surface area (Å²) in [6, 6.07) is 1.76. The smallest absolute Gasteiger partial charge is 0.259 e. The second-order valence-corrected chi connectivity index (χ2v) is 6.04. The van der Waals surface area contributed by atoms with Gasteiger partial charge in [0.05, 0.1) is 16.1 Å². The maximum Gasteiger partial charge on any atom is 0.259 e. The first-order valence-corrected chi connectivity index (χ1v) is 7.19. The predicted molar refractivity (Wildman–Crippen MR) is 76.0 cm³/mol. The molecule has 0 radical (unpaired) electrons. The molecule has 0 aromatic carbocycles. The summed E-state index contributed by atoms with van der Waals surface area (Å²) in [5.74, 6) is 1.56. The lowest BCUT2D eigenvalue weighted by Crippen LogP contribution is -2.42. The van der Waals surface area contributed by atoms with Crippen LogP contribution < -0.4 is 5.73 Å². The molecule has 0 saturated heterocycles. The van der Waals surface area contributed by atoms with Crippen molar-refractivity contribution in [2.45, 2.75) is 38.1 Å². The van der Waals surface area contributed by atoms with Gasteiger partial charge in [-0.1, -0.05) is 36.5 Å². The van der Waals surface area contributed by atoms with E-state index in [2.05, 4.69) is 22.0 Å².